The molecule has 32 heavy (non-hydrogen) atoms. The second kappa shape index (κ2) is 9.69. The zero-order chi connectivity index (χ0) is 22.1. The molecule has 0 bridgehead atoms. The highest BCUT2D eigenvalue weighted by Gasteiger charge is 2.40. The molecule has 1 saturated carbocycles. The maximum Gasteiger partial charge on any atom is 0.131 e. The first-order valence-corrected chi connectivity index (χ1v) is 14.7. The average Bonchev–Trinajstić information content (AvgIpc) is 3.40. The van der Waals surface area contributed by atoms with Gasteiger partial charge in [-0.05, 0) is 62.5 Å². The van der Waals surface area contributed by atoms with Gasteiger partial charge in [-0.3, -0.25) is 9.11 Å². The molecule has 1 saturated heterocycles. The minimum Gasteiger partial charge on any atom is -0.490 e. The first-order chi connectivity index (χ1) is 15.6. The Bertz CT molecular complexity index is 961. The van der Waals surface area contributed by atoms with Gasteiger partial charge >= 0.3 is 0 Å². The Hall–Kier alpha value is -1.02. The summed E-state index contributed by atoms with van der Waals surface area (Å²) in [5.41, 5.74) is 1.71. The number of fused-ring (bicyclic) bond motifs is 3. The van der Waals surface area contributed by atoms with Crippen LogP contribution in [0.2, 0.25) is 0 Å². The fourth-order valence-electron chi connectivity index (χ4n) is 6.09. The predicted molar refractivity (Wildman–Crippen MR) is 133 cm³/mol. The standard InChI is InChI=1S/C25H36N2O3S2/c1-3-25(27-13-15-29-16-14-27)10-7-19(8-11-25)30-20-9-12-26-24-23(20)22-18(17-32(28)4-2)5-6-21(22)31-24/h9,12,18-19H,3-8,10-11,13-17H2,1-2H3/t18-,19?,25?,32+/m1/s1. The number of thiophene rings is 1. The van der Waals surface area contributed by atoms with E-state index in [4.69, 9.17) is 9.47 Å². The molecule has 176 valence electrons. The first kappa shape index (κ1) is 22.8. The lowest BCUT2D eigenvalue weighted by Crippen LogP contribution is -2.55. The molecule has 2 fully saturated rings. The van der Waals surface area contributed by atoms with Crippen molar-refractivity contribution in [3.8, 4) is 5.75 Å². The van der Waals surface area contributed by atoms with E-state index in [1.807, 2.05) is 24.5 Å². The van der Waals surface area contributed by atoms with Gasteiger partial charge in [-0.15, -0.1) is 11.3 Å². The number of hydrogen-bond donors (Lipinski definition) is 0. The van der Waals surface area contributed by atoms with Crippen molar-refractivity contribution in [1.29, 1.82) is 0 Å². The minimum absolute atomic E-state index is 0.265. The fraction of sp³-hybridized carbons (Fsp3) is 0.720. The smallest absolute Gasteiger partial charge is 0.131 e. The van der Waals surface area contributed by atoms with Crippen molar-refractivity contribution in [3.05, 3.63) is 22.7 Å². The van der Waals surface area contributed by atoms with Crippen LogP contribution in [0.3, 0.4) is 0 Å². The summed E-state index contributed by atoms with van der Waals surface area (Å²) in [6.07, 6.45) is 10.2. The van der Waals surface area contributed by atoms with Gasteiger partial charge in [0.15, 0.2) is 0 Å². The van der Waals surface area contributed by atoms with Gasteiger partial charge in [0, 0.05) is 52.0 Å². The van der Waals surface area contributed by atoms with Crippen molar-refractivity contribution in [2.24, 2.45) is 0 Å². The molecule has 2 aromatic rings. The molecule has 3 aliphatic rings. The lowest BCUT2D eigenvalue weighted by atomic mass is 9.77. The molecule has 2 aliphatic carbocycles. The van der Waals surface area contributed by atoms with Crippen LogP contribution in [-0.4, -0.2) is 63.5 Å². The molecule has 0 N–H and O–H groups in total. The highest BCUT2D eigenvalue weighted by atomic mass is 32.2. The van der Waals surface area contributed by atoms with Gasteiger partial charge in [-0.1, -0.05) is 13.8 Å². The number of pyridine rings is 1. The van der Waals surface area contributed by atoms with Gasteiger partial charge in [0.25, 0.3) is 0 Å². The molecule has 7 heteroatoms. The molecule has 0 aromatic carbocycles. The second-order valence-corrected chi connectivity index (χ2v) is 12.4. The van der Waals surface area contributed by atoms with Gasteiger partial charge in [0.2, 0.25) is 0 Å². The first-order valence-electron chi connectivity index (χ1n) is 12.4. The van der Waals surface area contributed by atoms with Crippen LogP contribution in [0.15, 0.2) is 12.3 Å². The number of rotatable bonds is 7. The molecule has 1 aliphatic heterocycles. The summed E-state index contributed by atoms with van der Waals surface area (Å²) in [4.78, 5) is 9.88. The van der Waals surface area contributed by atoms with Crippen molar-refractivity contribution < 1.29 is 13.7 Å². The van der Waals surface area contributed by atoms with Gasteiger partial charge < -0.3 is 9.47 Å². The van der Waals surface area contributed by atoms with Crippen LogP contribution in [0, 0.1) is 0 Å². The lowest BCUT2D eigenvalue weighted by Gasteiger charge is -2.49. The van der Waals surface area contributed by atoms with E-state index in [2.05, 4.69) is 22.9 Å². The Labute approximate surface area is 198 Å². The van der Waals surface area contributed by atoms with Crippen LogP contribution in [-0.2, 0) is 22.0 Å². The van der Waals surface area contributed by atoms with Crippen LogP contribution >= 0.6 is 11.3 Å². The highest BCUT2D eigenvalue weighted by molar-refractivity contribution is 7.84. The van der Waals surface area contributed by atoms with Crippen LogP contribution in [0.25, 0.3) is 10.2 Å². The molecule has 2 aromatic heterocycles. The molecular weight excluding hydrogens is 440 g/mol. The van der Waals surface area contributed by atoms with E-state index < -0.39 is 10.8 Å². The summed E-state index contributed by atoms with van der Waals surface area (Å²) < 4.78 is 24.6. The summed E-state index contributed by atoms with van der Waals surface area (Å²) in [6.45, 7) is 8.22. The molecule has 3 heterocycles. The third-order valence-electron chi connectivity index (χ3n) is 8.00. The monoisotopic (exact) mass is 476 g/mol. The average molecular weight is 477 g/mol. The van der Waals surface area contributed by atoms with Crippen LogP contribution in [0.1, 0.15) is 68.7 Å². The van der Waals surface area contributed by atoms with E-state index in [-0.39, 0.29) is 6.10 Å². The Morgan fingerprint density at radius 1 is 1.25 bits per heavy atom. The third kappa shape index (κ3) is 4.26. The molecule has 2 atom stereocenters. The number of ether oxygens (including phenoxy) is 2. The van der Waals surface area contributed by atoms with E-state index >= 15 is 0 Å². The van der Waals surface area contributed by atoms with E-state index in [1.54, 1.807) is 0 Å². The van der Waals surface area contributed by atoms with Gasteiger partial charge in [-0.25, -0.2) is 4.98 Å². The lowest BCUT2D eigenvalue weighted by molar-refractivity contribution is -0.0510. The summed E-state index contributed by atoms with van der Waals surface area (Å²) in [5, 5.41) is 1.21. The van der Waals surface area contributed by atoms with Gasteiger partial charge in [0.05, 0.1) is 24.7 Å². The van der Waals surface area contributed by atoms with Gasteiger partial charge in [-0.2, -0.15) is 0 Å². The van der Waals surface area contributed by atoms with Crippen molar-refractivity contribution in [2.45, 2.75) is 76.4 Å². The summed E-state index contributed by atoms with van der Waals surface area (Å²) in [5.74, 6) is 2.89. The number of hydrogen-bond acceptors (Lipinski definition) is 6. The van der Waals surface area contributed by atoms with E-state index in [9.17, 15) is 4.21 Å². The molecular formula is C25H36N2O3S2. The van der Waals surface area contributed by atoms with Crippen molar-refractivity contribution in [1.82, 2.24) is 9.88 Å². The fourth-order valence-corrected chi connectivity index (χ4v) is 8.37. The largest absolute Gasteiger partial charge is 0.490 e. The maximum atomic E-state index is 12.3. The quantitative estimate of drug-likeness (QED) is 0.569. The summed E-state index contributed by atoms with van der Waals surface area (Å²) in [7, 11) is -0.747. The van der Waals surface area contributed by atoms with Crippen LogP contribution in [0.4, 0.5) is 0 Å². The number of aryl methyl sites for hydroxylation is 1. The Kier molecular flexibility index (Phi) is 6.89. The maximum absolute atomic E-state index is 12.3. The normalized spacial score (nSPS) is 29.8. The second-order valence-electron chi connectivity index (χ2n) is 9.55. The number of morpholine rings is 1. The molecule has 0 amide bonds. The summed E-state index contributed by atoms with van der Waals surface area (Å²) in [6, 6.07) is 2.06. The zero-order valence-electron chi connectivity index (χ0n) is 19.4. The number of nitrogens with zero attached hydrogens (tertiary/aromatic N) is 2. The SMILES string of the molecule is CC[S@](=O)C[C@H]1CCc2sc3nccc(OC4CCC(CC)(N5CCOCC5)CC4)c3c21. The summed E-state index contributed by atoms with van der Waals surface area (Å²) >= 11 is 1.81. The van der Waals surface area contributed by atoms with Crippen molar-refractivity contribution in [3.63, 3.8) is 0 Å². The van der Waals surface area contributed by atoms with Crippen molar-refractivity contribution >= 4 is 32.4 Å². The Morgan fingerprint density at radius 2 is 2.03 bits per heavy atom. The Balaban J connectivity index is 1.34. The van der Waals surface area contributed by atoms with E-state index in [0.29, 0.717) is 11.5 Å². The predicted octanol–water partition coefficient (Wildman–Crippen LogP) is 4.90. The Morgan fingerprint density at radius 3 is 2.75 bits per heavy atom. The molecule has 5 rings (SSSR count). The third-order valence-corrected chi connectivity index (χ3v) is 10.6. The van der Waals surface area contributed by atoms with Gasteiger partial charge in [0.1, 0.15) is 10.6 Å². The van der Waals surface area contributed by atoms with E-state index in [0.717, 1.165) is 74.1 Å². The molecule has 0 spiro atoms. The number of aromatic nitrogens is 1. The molecule has 5 nitrogen and oxygen atoms in total. The highest BCUT2D eigenvalue weighted by Crippen LogP contribution is 2.47. The van der Waals surface area contributed by atoms with Crippen LogP contribution in [0.5, 0.6) is 5.75 Å². The van der Waals surface area contributed by atoms with Crippen LogP contribution < -0.4 is 4.74 Å². The zero-order valence-corrected chi connectivity index (χ0v) is 21.1. The molecule has 0 radical (unpaired) electrons. The van der Waals surface area contributed by atoms with E-state index in [1.165, 1.54) is 35.1 Å². The molecule has 0 unspecified atom stereocenters. The van der Waals surface area contributed by atoms with Crippen molar-refractivity contribution in [2.75, 3.05) is 37.8 Å². The minimum atomic E-state index is -0.747. The topological polar surface area (TPSA) is 51.7 Å².